The van der Waals surface area contributed by atoms with E-state index < -0.39 is 0 Å². The van der Waals surface area contributed by atoms with E-state index in [0.717, 1.165) is 18.9 Å². The molecule has 0 spiro atoms. The van der Waals surface area contributed by atoms with Gasteiger partial charge in [0.25, 0.3) is 0 Å². The van der Waals surface area contributed by atoms with Crippen LogP contribution in [-0.4, -0.2) is 18.1 Å². The molecule has 0 amide bonds. The van der Waals surface area contributed by atoms with E-state index >= 15 is 0 Å². The quantitative estimate of drug-likeness (QED) is 0.801. The van der Waals surface area contributed by atoms with Crippen LogP contribution in [0.3, 0.4) is 0 Å². The first-order valence-electron chi connectivity index (χ1n) is 6.00. The fourth-order valence-electron chi connectivity index (χ4n) is 2.64. The van der Waals surface area contributed by atoms with Crippen LogP contribution in [0.5, 0.6) is 0 Å². The summed E-state index contributed by atoms with van der Waals surface area (Å²) in [4.78, 5) is 6.55. The smallest absolute Gasteiger partial charge is 0.151 e. The molecule has 2 heterocycles. The van der Waals surface area contributed by atoms with Gasteiger partial charge in [-0.25, -0.2) is 4.98 Å². The van der Waals surface area contributed by atoms with Crippen molar-refractivity contribution in [3.8, 4) is 6.07 Å². The molecule has 1 saturated heterocycles. The van der Waals surface area contributed by atoms with Gasteiger partial charge in [0.15, 0.2) is 5.82 Å². The molecule has 1 fully saturated rings. The van der Waals surface area contributed by atoms with Crippen LogP contribution >= 0.6 is 0 Å². The molecule has 4 heteroatoms. The number of pyridine rings is 1. The molecule has 2 atom stereocenters. The average molecular weight is 230 g/mol. The first-order chi connectivity index (χ1) is 8.10. The number of anilines is 2. The van der Waals surface area contributed by atoms with Crippen LogP contribution in [0.15, 0.2) is 12.3 Å². The van der Waals surface area contributed by atoms with Crippen molar-refractivity contribution < 1.29 is 0 Å². The zero-order valence-electron chi connectivity index (χ0n) is 10.3. The molecular weight excluding hydrogens is 212 g/mol. The number of aromatic nitrogens is 1. The maximum absolute atomic E-state index is 8.79. The summed E-state index contributed by atoms with van der Waals surface area (Å²) in [5.74, 6) is 2.15. The second-order valence-electron chi connectivity index (χ2n) is 5.10. The molecule has 1 aliphatic heterocycles. The minimum absolute atomic E-state index is 0.518. The number of nitrogens with two attached hydrogens (primary N) is 1. The Morgan fingerprint density at radius 1 is 1.41 bits per heavy atom. The van der Waals surface area contributed by atoms with Crippen molar-refractivity contribution in [2.24, 2.45) is 11.8 Å². The summed E-state index contributed by atoms with van der Waals surface area (Å²) in [5.41, 5.74) is 7.08. The molecule has 4 nitrogen and oxygen atoms in total. The Morgan fingerprint density at radius 3 is 2.59 bits per heavy atom. The molecule has 0 aromatic carbocycles. The van der Waals surface area contributed by atoms with Crippen molar-refractivity contribution in [2.45, 2.75) is 20.3 Å². The molecule has 17 heavy (non-hydrogen) atoms. The third-order valence-corrected chi connectivity index (χ3v) is 3.19. The molecule has 2 rings (SSSR count). The lowest BCUT2D eigenvalue weighted by Crippen LogP contribution is -2.39. The molecule has 2 N–H and O–H groups in total. The highest BCUT2D eigenvalue weighted by atomic mass is 15.2. The third kappa shape index (κ3) is 2.50. The summed E-state index contributed by atoms with van der Waals surface area (Å²) in [6.07, 6.45) is 2.85. The largest absolute Gasteiger partial charge is 0.396 e. The predicted octanol–water partition coefficient (Wildman–Crippen LogP) is 2.02. The van der Waals surface area contributed by atoms with E-state index in [9.17, 15) is 0 Å². The summed E-state index contributed by atoms with van der Waals surface area (Å²) < 4.78 is 0. The summed E-state index contributed by atoms with van der Waals surface area (Å²) in [6, 6.07) is 3.76. The van der Waals surface area contributed by atoms with E-state index in [0.29, 0.717) is 23.1 Å². The Hall–Kier alpha value is -1.76. The number of rotatable bonds is 1. The van der Waals surface area contributed by atoms with E-state index in [1.165, 1.54) is 6.42 Å². The molecular formula is C13H18N4. The van der Waals surface area contributed by atoms with Gasteiger partial charge >= 0.3 is 0 Å². The number of hydrogen-bond acceptors (Lipinski definition) is 4. The molecule has 90 valence electrons. The van der Waals surface area contributed by atoms with Crippen LogP contribution in [0, 0.1) is 23.2 Å². The monoisotopic (exact) mass is 230 g/mol. The lowest BCUT2D eigenvalue weighted by atomic mass is 9.92. The lowest BCUT2D eigenvalue weighted by molar-refractivity contribution is 0.355. The molecule has 2 unspecified atom stereocenters. The topological polar surface area (TPSA) is 65.9 Å². The van der Waals surface area contributed by atoms with Gasteiger partial charge in [0.1, 0.15) is 6.07 Å². The second kappa shape index (κ2) is 4.62. The fourth-order valence-corrected chi connectivity index (χ4v) is 2.64. The molecule has 0 bridgehead atoms. The van der Waals surface area contributed by atoms with Crippen LogP contribution in [0.1, 0.15) is 25.8 Å². The van der Waals surface area contributed by atoms with Gasteiger partial charge in [0.2, 0.25) is 0 Å². The molecule has 1 aliphatic rings. The van der Waals surface area contributed by atoms with Crippen LogP contribution in [0.2, 0.25) is 0 Å². The first kappa shape index (κ1) is 11.7. The lowest BCUT2D eigenvalue weighted by Gasteiger charge is -2.36. The van der Waals surface area contributed by atoms with Crippen LogP contribution in [-0.2, 0) is 0 Å². The van der Waals surface area contributed by atoms with E-state index in [-0.39, 0.29) is 0 Å². The molecule has 0 radical (unpaired) electrons. The van der Waals surface area contributed by atoms with Crippen molar-refractivity contribution in [3.05, 3.63) is 17.8 Å². The average Bonchev–Trinajstić information content (AvgIpc) is 2.27. The van der Waals surface area contributed by atoms with Gasteiger partial charge in [-0.15, -0.1) is 0 Å². The highest BCUT2D eigenvalue weighted by Crippen LogP contribution is 2.28. The predicted molar refractivity (Wildman–Crippen MR) is 68.5 cm³/mol. The Bertz CT molecular complexity index is 439. The number of nitrogen functional groups attached to an aromatic ring is 1. The Balaban J connectivity index is 2.25. The minimum atomic E-state index is 0.518. The van der Waals surface area contributed by atoms with Crippen molar-refractivity contribution in [1.29, 1.82) is 5.26 Å². The van der Waals surface area contributed by atoms with Crippen molar-refractivity contribution in [2.75, 3.05) is 23.7 Å². The van der Waals surface area contributed by atoms with E-state index in [1.807, 2.05) is 0 Å². The molecule has 1 aromatic heterocycles. The Kier molecular flexibility index (Phi) is 3.19. The zero-order valence-corrected chi connectivity index (χ0v) is 10.3. The van der Waals surface area contributed by atoms with Gasteiger partial charge in [-0.05, 0) is 24.3 Å². The van der Waals surface area contributed by atoms with Crippen LogP contribution < -0.4 is 10.6 Å². The third-order valence-electron chi connectivity index (χ3n) is 3.19. The van der Waals surface area contributed by atoms with Gasteiger partial charge in [-0.1, -0.05) is 13.8 Å². The summed E-state index contributed by atoms with van der Waals surface area (Å²) >= 11 is 0. The molecule has 0 aliphatic carbocycles. The van der Waals surface area contributed by atoms with E-state index in [4.69, 9.17) is 11.0 Å². The number of piperidine rings is 1. The summed E-state index contributed by atoms with van der Waals surface area (Å²) in [5, 5.41) is 8.79. The standard InChI is InChI=1S/C13H18N4/c1-9-3-10(2)8-17(7-9)13-12(15)4-11(5-14)6-16-13/h4,6,9-10H,3,7-8,15H2,1-2H3. The van der Waals surface area contributed by atoms with Crippen LogP contribution in [0.25, 0.3) is 0 Å². The maximum atomic E-state index is 8.79. The SMILES string of the molecule is CC1CC(C)CN(c2ncc(C#N)cc2N)C1. The minimum Gasteiger partial charge on any atom is -0.396 e. The number of nitriles is 1. The molecule has 0 saturated carbocycles. The van der Waals surface area contributed by atoms with Crippen LogP contribution in [0.4, 0.5) is 11.5 Å². The Morgan fingerprint density at radius 2 is 2.06 bits per heavy atom. The van der Waals surface area contributed by atoms with Gasteiger partial charge in [-0.3, -0.25) is 0 Å². The van der Waals surface area contributed by atoms with E-state index in [2.05, 4.69) is 29.8 Å². The van der Waals surface area contributed by atoms with Gasteiger partial charge in [-0.2, -0.15) is 5.26 Å². The first-order valence-corrected chi connectivity index (χ1v) is 6.00. The highest BCUT2D eigenvalue weighted by molar-refractivity contribution is 5.64. The van der Waals surface area contributed by atoms with Crippen molar-refractivity contribution in [1.82, 2.24) is 4.98 Å². The number of hydrogen-bond donors (Lipinski definition) is 1. The number of nitrogens with zero attached hydrogens (tertiary/aromatic N) is 3. The van der Waals surface area contributed by atoms with Gasteiger partial charge < -0.3 is 10.6 Å². The highest BCUT2D eigenvalue weighted by Gasteiger charge is 2.23. The summed E-state index contributed by atoms with van der Waals surface area (Å²) in [7, 11) is 0. The fraction of sp³-hybridized carbons (Fsp3) is 0.538. The molecule has 1 aromatic rings. The van der Waals surface area contributed by atoms with E-state index in [1.54, 1.807) is 12.3 Å². The van der Waals surface area contributed by atoms with Crippen molar-refractivity contribution in [3.63, 3.8) is 0 Å². The second-order valence-corrected chi connectivity index (χ2v) is 5.10. The van der Waals surface area contributed by atoms with Gasteiger partial charge in [0, 0.05) is 19.3 Å². The maximum Gasteiger partial charge on any atom is 0.151 e. The summed E-state index contributed by atoms with van der Waals surface area (Å²) in [6.45, 7) is 6.49. The Labute approximate surface area is 102 Å². The van der Waals surface area contributed by atoms with Gasteiger partial charge in [0.05, 0.1) is 11.3 Å². The zero-order chi connectivity index (χ0) is 12.4. The normalized spacial score (nSPS) is 24.4. The van der Waals surface area contributed by atoms with Crippen molar-refractivity contribution >= 4 is 11.5 Å².